The van der Waals surface area contributed by atoms with Crippen LogP contribution >= 0.6 is 11.3 Å². The Hall–Kier alpha value is -1.81. The number of amides is 2. The van der Waals surface area contributed by atoms with Crippen LogP contribution in [0, 0.1) is 0 Å². The highest BCUT2D eigenvalue weighted by Crippen LogP contribution is 2.18. The predicted molar refractivity (Wildman–Crippen MR) is 86.6 cm³/mol. The minimum absolute atomic E-state index is 0.0484. The molecule has 21 heavy (non-hydrogen) atoms. The molecule has 0 saturated carbocycles. The minimum Gasteiger partial charge on any atom is -0.335 e. The molecule has 2 heterocycles. The quantitative estimate of drug-likeness (QED) is 0.925. The average molecular weight is 300 g/mol. The summed E-state index contributed by atoms with van der Waals surface area (Å²) in [5.41, 5.74) is 3.93. The van der Waals surface area contributed by atoms with Gasteiger partial charge in [0.1, 0.15) is 0 Å². The molecule has 0 bridgehead atoms. The number of urea groups is 1. The van der Waals surface area contributed by atoms with Gasteiger partial charge in [0.25, 0.3) is 0 Å². The first-order chi connectivity index (χ1) is 10.2. The number of carbonyl (C=O) groups excluding carboxylic acids is 1. The van der Waals surface area contributed by atoms with E-state index in [1.807, 2.05) is 11.0 Å². The summed E-state index contributed by atoms with van der Waals surface area (Å²) in [6.07, 6.45) is 1.84. The van der Waals surface area contributed by atoms with Crippen molar-refractivity contribution < 1.29 is 4.79 Å². The molecule has 2 aromatic rings. The van der Waals surface area contributed by atoms with E-state index in [9.17, 15) is 4.79 Å². The van der Waals surface area contributed by atoms with E-state index in [2.05, 4.69) is 47.3 Å². The predicted octanol–water partition coefficient (Wildman–Crippen LogP) is 3.45. The molecule has 1 N–H and O–H groups in total. The second kappa shape index (κ2) is 6.31. The second-order valence-electron chi connectivity index (χ2n) is 5.63. The molecule has 0 unspecified atom stereocenters. The summed E-state index contributed by atoms with van der Waals surface area (Å²) >= 11 is 1.70. The summed E-state index contributed by atoms with van der Waals surface area (Å²) in [6.45, 7) is 3.58. The number of benzene rings is 1. The molecule has 1 atom stereocenters. The monoisotopic (exact) mass is 300 g/mol. The van der Waals surface area contributed by atoms with Crippen LogP contribution in [0.15, 0.2) is 41.1 Å². The molecule has 0 spiro atoms. The number of nitrogens with zero attached hydrogens (tertiary/aromatic N) is 1. The van der Waals surface area contributed by atoms with Gasteiger partial charge >= 0.3 is 6.03 Å². The van der Waals surface area contributed by atoms with Crippen molar-refractivity contribution in [2.24, 2.45) is 0 Å². The highest BCUT2D eigenvalue weighted by molar-refractivity contribution is 7.07. The van der Waals surface area contributed by atoms with Gasteiger partial charge in [0.2, 0.25) is 0 Å². The molecule has 0 fully saturated rings. The molecule has 1 aliphatic rings. The van der Waals surface area contributed by atoms with Crippen LogP contribution in [0.25, 0.3) is 0 Å². The molecular weight excluding hydrogens is 280 g/mol. The number of thiophene rings is 1. The third-order valence-corrected chi connectivity index (χ3v) is 4.64. The molecule has 110 valence electrons. The van der Waals surface area contributed by atoms with Crippen LogP contribution in [0.4, 0.5) is 4.79 Å². The van der Waals surface area contributed by atoms with Gasteiger partial charge in [0, 0.05) is 19.1 Å². The lowest BCUT2D eigenvalue weighted by molar-refractivity contribution is 0.189. The standard InChI is InChI=1S/C17H20N2OS/c1-13(10-14-7-9-21-12-14)18-17(20)19-8-6-15-4-2-3-5-16(15)11-19/h2-5,7,9,12-13H,6,8,10-11H2,1H3,(H,18,20)/t13-/m1/s1. The lowest BCUT2D eigenvalue weighted by Crippen LogP contribution is -2.46. The summed E-state index contributed by atoms with van der Waals surface area (Å²) in [6, 6.07) is 10.7. The van der Waals surface area contributed by atoms with Crippen LogP contribution in [-0.4, -0.2) is 23.5 Å². The molecule has 0 radical (unpaired) electrons. The van der Waals surface area contributed by atoms with Gasteiger partial charge in [-0.1, -0.05) is 24.3 Å². The summed E-state index contributed by atoms with van der Waals surface area (Å²) < 4.78 is 0. The molecule has 3 rings (SSSR count). The number of carbonyl (C=O) groups is 1. The zero-order valence-electron chi connectivity index (χ0n) is 12.2. The number of fused-ring (bicyclic) bond motifs is 1. The van der Waals surface area contributed by atoms with Crippen molar-refractivity contribution in [1.29, 1.82) is 0 Å². The topological polar surface area (TPSA) is 32.3 Å². The van der Waals surface area contributed by atoms with Crippen LogP contribution in [-0.2, 0) is 19.4 Å². The zero-order chi connectivity index (χ0) is 14.7. The molecule has 1 aliphatic heterocycles. The first kappa shape index (κ1) is 14.1. The summed E-state index contributed by atoms with van der Waals surface area (Å²) in [5, 5.41) is 7.32. The Morgan fingerprint density at radius 1 is 1.33 bits per heavy atom. The van der Waals surface area contributed by atoms with Crippen LogP contribution in [0.3, 0.4) is 0 Å². The van der Waals surface area contributed by atoms with Gasteiger partial charge in [-0.15, -0.1) is 0 Å². The highest BCUT2D eigenvalue weighted by Gasteiger charge is 2.21. The van der Waals surface area contributed by atoms with Gasteiger partial charge in [-0.2, -0.15) is 11.3 Å². The largest absolute Gasteiger partial charge is 0.335 e. The fourth-order valence-corrected chi connectivity index (χ4v) is 3.47. The second-order valence-corrected chi connectivity index (χ2v) is 6.41. The Labute approximate surface area is 129 Å². The SMILES string of the molecule is C[C@H](Cc1ccsc1)NC(=O)N1CCc2ccccc2C1. The number of rotatable bonds is 3. The first-order valence-corrected chi connectivity index (χ1v) is 8.30. The maximum atomic E-state index is 12.4. The van der Waals surface area contributed by atoms with Crippen molar-refractivity contribution in [3.05, 3.63) is 57.8 Å². The van der Waals surface area contributed by atoms with E-state index in [0.29, 0.717) is 6.54 Å². The number of nitrogens with one attached hydrogen (secondary N) is 1. The van der Waals surface area contributed by atoms with Crippen LogP contribution in [0.1, 0.15) is 23.6 Å². The van der Waals surface area contributed by atoms with Gasteiger partial charge in [-0.25, -0.2) is 4.79 Å². The molecule has 0 saturated heterocycles. The summed E-state index contributed by atoms with van der Waals surface area (Å²) in [5.74, 6) is 0. The minimum atomic E-state index is 0.0484. The molecule has 0 aliphatic carbocycles. The molecule has 2 amide bonds. The van der Waals surface area contributed by atoms with E-state index in [0.717, 1.165) is 19.4 Å². The van der Waals surface area contributed by atoms with Crippen molar-refractivity contribution in [2.75, 3.05) is 6.54 Å². The lowest BCUT2D eigenvalue weighted by atomic mass is 10.0. The van der Waals surface area contributed by atoms with E-state index < -0.39 is 0 Å². The van der Waals surface area contributed by atoms with Crippen LogP contribution in [0.2, 0.25) is 0 Å². The number of hydrogen-bond acceptors (Lipinski definition) is 2. The third-order valence-electron chi connectivity index (χ3n) is 3.91. The third kappa shape index (κ3) is 3.45. The summed E-state index contributed by atoms with van der Waals surface area (Å²) in [7, 11) is 0. The number of hydrogen-bond donors (Lipinski definition) is 1. The Morgan fingerprint density at radius 2 is 2.14 bits per heavy atom. The van der Waals surface area contributed by atoms with E-state index in [4.69, 9.17) is 0 Å². The fourth-order valence-electron chi connectivity index (χ4n) is 2.78. The maximum Gasteiger partial charge on any atom is 0.317 e. The maximum absolute atomic E-state index is 12.4. The van der Waals surface area contributed by atoms with Gasteiger partial charge < -0.3 is 10.2 Å². The Morgan fingerprint density at radius 3 is 2.90 bits per heavy atom. The van der Waals surface area contributed by atoms with E-state index in [1.165, 1.54) is 16.7 Å². The average Bonchev–Trinajstić information content (AvgIpc) is 2.99. The zero-order valence-corrected chi connectivity index (χ0v) is 13.0. The normalized spacial score (nSPS) is 15.4. The smallest absolute Gasteiger partial charge is 0.317 e. The van der Waals surface area contributed by atoms with Gasteiger partial charge in [0.05, 0.1) is 0 Å². The molecule has 1 aromatic carbocycles. The molecule has 1 aromatic heterocycles. The summed E-state index contributed by atoms with van der Waals surface area (Å²) in [4.78, 5) is 14.3. The molecular formula is C17H20N2OS. The lowest BCUT2D eigenvalue weighted by Gasteiger charge is -2.30. The van der Waals surface area contributed by atoms with Gasteiger partial charge in [-0.3, -0.25) is 0 Å². The Balaban J connectivity index is 1.56. The Bertz CT molecular complexity index is 609. The van der Waals surface area contributed by atoms with E-state index >= 15 is 0 Å². The van der Waals surface area contributed by atoms with Gasteiger partial charge in [-0.05, 0) is 53.3 Å². The first-order valence-electron chi connectivity index (χ1n) is 7.35. The fraction of sp³-hybridized carbons (Fsp3) is 0.353. The Kier molecular flexibility index (Phi) is 4.25. The van der Waals surface area contributed by atoms with E-state index in [-0.39, 0.29) is 12.1 Å². The molecule has 4 heteroatoms. The van der Waals surface area contributed by atoms with Crippen LogP contribution in [0.5, 0.6) is 0 Å². The van der Waals surface area contributed by atoms with Crippen molar-refractivity contribution in [2.45, 2.75) is 32.4 Å². The van der Waals surface area contributed by atoms with Crippen molar-refractivity contribution in [3.8, 4) is 0 Å². The van der Waals surface area contributed by atoms with Crippen LogP contribution < -0.4 is 5.32 Å². The van der Waals surface area contributed by atoms with Crippen molar-refractivity contribution >= 4 is 17.4 Å². The van der Waals surface area contributed by atoms with E-state index in [1.54, 1.807) is 11.3 Å². The highest BCUT2D eigenvalue weighted by atomic mass is 32.1. The molecule has 3 nitrogen and oxygen atoms in total. The van der Waals surface area contributed by atoms with Crippen molar-refractivity contribution in [1.82, 2.24) is 10.2 Å². The van der Waals surface area contributed by atoms with Crippen molar-refractivity contribution in [3.63, 3.8) is 0 Å². The van der Waals surface area contributed by atoms with Gasteiger partial charge in [0.15, 0.2) is 0 Å².